The first-order chi connectivity index (χ1) is 9.83. The zero-order valence-electron chi connectivity index (χ0n) is 10.1. The summed E-state index contributed by atoms with van der Waals surface area (Å²) < 4.78 is 155. The quantitative estimate of drug-likeness (QED) is 0.363. The fourth-order valence-electron chi connectivity index (χ4n) is 1.21. The maximum atomic E-state index is 12.7. The first-order valence-corrected chi connectivity index (χ1v) is 7.16. The van der Waals surface area contributed by atoms with Crippen LogP contribution in [0.3, 0.4) is 0 Å². The van der Waals surface area contributed by atoms with Crippen LogP contribution in [-0.2, 0) is 4.74 Å². The third-order valence-electron chi connectivity index (χ3n) is 2.56. The molecule has 0 atom stereocenters. The zero-order chi connectivity index (χ0) is 19.1. The van der Waals surface area contributed by atoms with Crippen molar-refractivity contribution in [3.63, 3.8) is 0 Å². The fourth-order valence-corrected chi connectivity index (χ4v) is 2.71. The van der Waals surface area contributed by atoms with Crippen molar-refractivity contribution >= 4 is 31.9 Å². The Morgan fingerprint density at radius 2 is 0.652 bits per heavy atom. The topological polar surface area (TPSA) is 9.23 Å². The van der Waals surface area contributed by atoms with Crippen LogP contribution in [-0.4, -0.2) is 46.6 Å². The molecule has 1 nitrogen and oxygen atoms in total. The van der Waals surface area contributed by atoms with Gasteiger partial charge in [0.1, 0.15) is 0 Å². The van der Waals surface area contributed by atoms with Crippen molar-refractivity contribution in [1.82, 2.24) is 0 Å². The minimum atomic E-state index is -6.63. The lowest BCUT2D eigenvalue weighted by atomic mass is 9.99. The first kappa shape index (κ1) is 23.1. The molecule has 0 fully saturated rings. The van der Waals surface area contributed by atoms with Gasteiger partial charge < -0.3 is 4.74 Å². The Morgan fingerprint density at radius 3 is 0.739 bits per heavy atom. The van der Waals surface area contributed by atoms with Crippen LogP contribution in [0.1, 0.15) is 0 Å². The minimum Gasteiger partial charge on any atom is -0.332 e. The minimum absolute atomic E-state index is 1.64. The average molecular weight is 504 g/mol. The summed E-state index contributed by atoms with van der Waals surface area (Å²) in [5.41, 5.74) is -11.5. The van der Waals surface area contributed by atoms with E-state index in [0.29, 0.717) is 0 Å². The molecule has 0 spiro atoms. The second-order valence-corrected chi connectivity index (χ2v) is 5.14. The zero-order valence-corrected chi connectivity index (χ0v) is 13.3. The molecular weight excluding hydrogens is 500 g/mol. The van der Waals surface area contributed by atoms with E-state index in [9.17, 15) is 52.7 Å². The average Bonchev–Trinajstić information content (AvgIpc) is 2.23. The van der Waals surface area contributed by atoms with Crippen LogP contribution in [0.25, 0.3) is 0 Å². The predicted molar refractivity (Wildman–Crippen MR) is 58.4 cm³/mol. The van der Waals surface area contributed by atoms with E-state index in [4.69, 9.17) is 0 Å². The monoisotopic (exact) mass is 502 g/mol. The highest BCUT2D eigenvalue weighted by Crippen LogP contribution is 2.55. The normalized spacial score (nSPS) is 15.9. The molecule has 0 unspecified atom stereocenters. The van der Waals surface area contributed by atoms with Gasteiger partial charge in [0, 0.05) is 0 Å². The van der Waals surface area contributed by atoms with E-state index in [1.54, 1.807) is 31.9 Å². The third kappa shape index (κ3) is 3.85. The lowest BCUT2D eigenvalue weighted by molar-refractivity contribution is -0.456. The summed E-state index contributed by atoms with van der Waals surface area (Å²) in [5.74, 6) is 0. The fraction of sp³-hybridized carbons (Fsp3) is 1.00. The summed E-state index contributed by atoms with van der Waals surface area (Å²) in [4.78, 5) is 0. The van der Waals surface area contributed by atoms with Gasteiger partial charge in [0.05, 0.1) is 10.7 Å². The summed E-state index contributed by atoms with van der Waals surface area (Å²) in [6.45, 7) is 0. The Morgan fingerprint density at radius 1 is 0.478 bits per heavy atom. The second kappa shape index (κ2) is 6.42. The molecule has 15 heteroatoms. The van der Waals surface area contributed by atoms with Gasteiger partial charge in [0.15, 0.2) is 0 Å². The molecule has 0 amide bonds. The maximum Gasteiger partial charge on any atom is 0.427 e. The largest absolute Gasteiger partial charge is 0.427 e. The Kier molecular flexibility index (Phi) is 6.45. The molecule has 140 valence electrons. The van der Waals surface area contributed by atoms with E-state index >= 15 is 0 Å². The van der Waals surface area contributed by atoms with E-state index in [-0.39, 0.29) is 0 Å². The van der Waals surface area contributed by atoms with Crippen molar-refractivity contribution in [2.75, 3.05) is 10.7 Å². The summed E-state index contributed by atoms with van der Waals surface area (Å²) in [6, 6.07) is 0. The number of alkyl halides is 14. The molecule has 0 aromatic carbocycles. The van der Waals surface area contributed by atoms with Crippen LogP contribution < -0.4 is 0 Å². The van der Waals surface area contributed by atoms with Crippen LogP contribution in [0.15, 0.2) is 0 Å². The number of hydrogen-bond acceptors (Lipinski definition) is 1. The summed E-state index contributed by atoms with van der Waals surface area (Å²) >= 11 is 3.29. The second-order valence-electron chi connectivity index (χ2n) is 4.01. The summed E-state index contributed by atoms with van der Waals surface area (Å²) in [5, 5.41) is -4.87. The highest BCUT2D eigenvalue weighted by molar-refractivity contribution is 9.09. The Balaban J connectivity index is 6.56. The number of halogens is 14. The number of hydrogen-bond donors (Lipinski definition) is 0. The molecule has 0 bridgehead atoms. The SMILES string of the molecule is FC(F)(F)C(CBr)(OC(CBr)(C(F)(F)F)C(F)(F)F)C(F)(F)F. The Hall–Kier alpha value is 0.0800. The van der Waals surface area contributed by atoms with E-state index in [1.807, 2.05) is 0 Å². The number of rotatable bonds is 4. The van der Waals surface area contributed by atoms with Crippen molar-refractivity contribution in [2.24, 2.45) is 0 Å². The van der Waals surface area contributed by atoms with Crippen LogP contribution in [0.2, 0.25) is 0 Å². The van der Waals surface area contributed by atoms with Gasteiger partial charge >= 0.3 is 24.7 Å². The Labute approximate surface area is 136 Å². The molecule has 0 aromatic heterocycles. The molecule has 0 saturated carbocycles. The predicted octanol–water partition coefficient (Wildman–Crippen LogP) is 5.52. The Bertz CT molecular complexity index is 339. The van der Waals surface area contributed by atoms with Gasteiger partial charge in [-0.25, -0.2) is 0 Å². The highest BCUT2D eigenvalue weighted by Gasteiger charge is 2.81. The van der Waals surface area contributed by atoms with Crippen molar-refractivity contribution in [2.45, 2.75) is 35.9 Å². The summed E-state index contributed by atoms with van der Waals surface area (Å²) in [6.07, 6.45) is -26.5. The molecule has 0 rings (SSSR count). The molecule has 0 aliphatic heterocycles. The van der Waals surface area contributed by atoms with Gasteiger partial charge in [-0.1, -0.05) is 31.9 Å². The molecule has 0 heterocycles. The van der Waals surface area contributed by atoms with Gasteiger partial charge in [-0.05, 0) is 0 Å². The van der Waals surface area contributed by atoms with E-state index in [1.165, 1.54) is 0 Å². The van der Waals surface area contributed by atoms with Gasteiger partial charge in [0.2, 0.25) is 0 Å². The van der Waals surface area contributed by atoms with E-state index in [2.05, 4.69) is 4.74 Å². The van der Waals surface area contributed by atoms with Gasteiger partial charge in [-0.15, -0.1) is 0 Å². The van der Waals surface area contributed by atoms with E-state index in [0.717, 1.165) is 0 Å². The van der Waals surface area contributed by atoms with Crippen LogP contribution >= 0.6 is 31.9 Å². The van der Waals surface area contributed by atoms with Crippen LogP contribution in [0.5, 0.6) is 0 Å². The smallest absolute Gasteiger partial charge is 0.332 e. The van der Waals surface area contributed by atoms with Gasteiger partial charge in [-0.3, -0.25) is 0 Å². The van der Waals surface area contributed by atoms with Crippen molar-refractivity contribution in [3.05, 3.63) is 0 Å². The molecule has 0 aliphatic rings. The van der Waals surface area contributed by atoms with E-state index < -0.39 is 46.6 Å². The first-order valence-electron chi connectivity index (χ1n) is 4.92. The lowest BCUT2D eigenvalue weighted by Gasteiger charge is -2.44. The highest BCUT2D eigenvalue weighted by atomic mass is 79.9. The molecule has 0 aromatic rings. The molecule has 0 radical (unpaired) electrons. The molecule has 0 aliphatic carbocycles. The van der Waals surface area contributed by atoms with Crippen molar-refractivity contribution < 1.29 is 57.4 Å². The lowest BCUT2D eigenvalue weighted by Crippen LogP contribution is -2.71. The van der Waals surface area contributed by atoms with Crippen molar-refractivity contribution in [1.29, 1.82) is 0 Å². The molecular formula is C8H4Br2F12O. The summed E-state index contributed by atoms with van der Waals surface area (Å²) in [7, 11) is 0. The third-order valence-corrected chi connectivity index (χ3v) is 4.14. The number of ether oxygens (including phenoxy) is 1. The molecule has 0 saturated heterocycles. The standard InChI is InChI=1S/C8H4Br2F12O/c9-1-3(5(11,12)13,6(14,15)16)23-4(2-10,7(17,18)19)8(20,21)22/h1-2H2. The van der Waals surface area contributed by atoms with Gasteiger partial charge in [-0.2, -0.15) is 52.7 Å². The maximum absolute atomic E-state index is 12.7. The molecule has 23 heavy (non-hydrogen) atoms. The molecule has 0 N–H and O–H groups in total. The van der Waals surface area contributed by atoms with Crippen LogP contribution in [0, 0.1) is 0 Å². The van der Waals surface area contributed by atoms with Crippen molar-refractivity contribution in [3.8, 4) is 0 Å². The van der Waals surface area contributed by atoms with Gasteiger partial charge in [0.25, 0.3) is 11.2 Å². The van der Waals surface area contributed by atoms with Crippen LogP contribution in [0.4, 0.5) is 52.7 Å².